The molecule has 0 aromatic heterocycles. The summed E-state index contributed by atoms with van der Waals surface area (Å²) >= 11 is 0. The molecule has 98 valence electrons. The molecule has 4 atom stereocenters. The van der Waals surface area contributed by atoms with Gasteiger partial charge in [0.2, 0.25) is 0 Å². The lowest BCUT2D eigenvalue weighted by Gasteiger charge is -2.32. The summed E-state index contributed by atoms with van der Waals surface area (Å²) in [6, 6.07) is 0.0233. The fourth-order valence-electron chi connectivity index (χ4n) is 3.15. The van der Waals surface area contributed by atoms with E-state index in [0.717, 1.165) is 32.1 Å². The van der Waals surface area contributed by atoms with E-state index in [-0.39, 0.29) is 24.0 Å². The Morgan fingerprint density at radius 1 is 1.06 bits per heavy atom. The topological polar surface area (TPSA) is 52.3 Å². The van der Waals surface area contributed by atoms with E-state index in [0.29, 0.717) is 5.92 Å². The van der Waals surface area contributed by atoms with Gasteiger partial charge in [-0.3, -0.25) is 4.79 Å². The summed E-state index contributed by atoms with van der Waals surface area (Å²) in [5.41, 5.74) is 6.02. The number of ether oxygens (including phenoxy) is 1. The molecule has 2 saturated carbocycles. The zero-order valence-electron chi connectivity index (χ0n) is 10.9. The lowest BCUT2D eigenvalue weighted by molar-refractivity contribution is -0.160. The van der Waals surface area contributed by atoms with Crippen LogP contribution in [0.3, 0.4) is 0 Å². The SMILES string of the molecule is CC1CCCCC1OC(=O)C1CCCCC1N. The first-order valence-corrected chi connectivity index (χ1v) is 7.14. The quantitative estimate of drug-likeness (QED) is 0.754. The Morgan fingerprint density at radius 2 is 1.71 bits per heavy atom. The summed E-state index contributed by atoms with van der Waals surface area (Å²) in [6.07, 6.45) is 9.01. The Balaban J connectivity index is 1.86. The maximum absolute atomic E-state index is 12.1. The van der Waals surface area contributed by atoms with Gasteiger partial charge < -0.3 is 10.5 Å². The van der Waals surface area contributed by atoms with Gasteiger partial charge >= 0.3 is 5.97 Å². The predicted molar refractivity (Wildman–Crippen MR) is 67.4 cm³/mol. The van der Waals surface area contributed by atoms with Gasteiger partial charge in [-0.1, -0.05) is 26.2 Å². The van der Waals surface area contributed by atoms with Gasteiger partial charge in [0, 0.05) is 6.04 Å². The summed E-state index contributed by atoms with van der Waals surface area (Å²) in [7, 11) is 0. The molecule has 0 spiro atoms. The number of hydrogen-bond acceptors (Lipinski definition) is 3. The molecule has 0 amide bonds. The minimum absolute atomic E-state index is 0.0233. The largest absolute Gasteiger partial charge is 0.462 e. The normalized spacial score (nSPS) is 38.7. The molecular weight excluding hydrogens is 214 g/mol. The Bertz CT molecular complexity index is 267. The van der Waals surface area contributed by atoms with Gasteiger partial charge in [-0.2, -0.15) is 0 Å². The van der Waals surface area contributed by atoms with E-state index in [1.807, 2.05) is 0 Å². The minimum Gasteiger partial charge on any atom is -0.462 e. The molecular formula is C14H25NO2. The molecule has 3 nitrogen and oxygen atoms in total. The number of nitrogens with two attached hydrogens (primary N) is 1. The molecule has 2 aliphatic carbocycles. The summed E-state index contributed by atoms with van der Waals surface area (Å²) in [4.78, 5) is 12.1. The van der Waals surface area contributed by atoms with Crippen LogP contribution in [-0.2, 0) is 9.53 Å². The first-order valence-electron chi connectivity index (χ1n) is 7.14. The molecule has 4 unspecified atom stereocenters. The van der Waals surface area contributed by atoms with Gasteiger partial charge in [0.15, 0.2) is 0 Å². The number of rotatable bonds is 2. The lowest BCUT2D eigenvalue weighted by Crippen LogP contribution is -2.41. The average Bonchev–Trinajstić information content (AvgIpc) is 2.32. The monoisotopic (exact) mass is 239 g/mol. The molecule has 0 saturated heterocycles. The molecule has 0 radical (unpaired) electrons. The third-order valence-corrected chi connectivity index (χ3v) is 4.42. The lowest BCUT2D eigenvalue weighted by atomic mass is 9.84. The van der Waals surface area contributed by atoms with Crippen LogP contribution in [0.1, 0.15) is 58.3 Å². The third-order valence-electron chi connectivity index (χ3n) is 4.42. The second-order valence-electron chi connectivity index (χ2n) is 5.79. The van der Waals surface area contributed by atoms with Gasteiger partial charge in [0.25, 0.3) is 0 Å². The highest BCUT2D eigenvalue weighted by atomic mass is 16.5. The molecule has 0 aromatic carbocycles. The minimum atomic E-state index is -0.0436. The maximum Gasteiger partial charge on any atom is 0.310 e. The van der Waals surface area contributed by atoms with Crippen molar-refractivity contribution in [3.05, 3.63) is 0 Å². The second-order valence-corrected chi connectivity index (χ2v) is 5.79. The maximum atomic E-state index is 12.1. The van der Waals surface area contributed by atoms with Gasteiger partial charge in [-0.05, 0) is 38.0 Å². The Morgan fingerprint density at radius 3 is 2.41 bits per heavy atom. The molecule has 17 heavy (non-hydrogen) atoms. The Kier molecular flexibility index (Phi) is 4.43. The summed E-state index contributed by atoms with van der Waals surface area (Å²) in [5.74, 6) is 0.446. The van der Waals surface area contributed by atoms with E-state index < -0.39 is 0 Å². The van der Waals surface area contributed by atoms with Crippen molar-refractivity contribution in [3.63, 3.8) is 0 Å². The Hall–Kier alpha value is -0.570. The fourth-order valence-corrected chi connectivity index (χ4v) is 3.15. The number of esters is 1. The van der Waals surface area contributed by atoms with Crippen LogP contribution in [0.2, 0.25) is 0 Å². The highest BCUT2D eigenvalue weighted by Crippen LogP contribution is 2.29. The zero-order valence-corrected chi connectivity index (χ0v) is 10.9. The van der Waals surface area contributed by atoms with Crippen molar-refractivity contribution in [2.45, 2.75) is 70.4 Å². The van der Waals surface area contributed by atoms with E-state index in [1.165, 1.54) is 19.3 Å². The van der Waals surface area contributed by atoms with Crippen LogP contribution in [-0.4, -0.2) is 18.1 Å². The van der Waals surface area contributed by atoms with Crippen LogP contribution in [0.25, 0.3) is 0 Å². The van der Waals surface area contributed by atoms with Crippen molar-refractivity contribution >= 4 is 5.97 Å². The molecule has 2 rings (SSSR count). The van der Waals surface area contributed by atoms with Gasteiger partial charge in [-0.15, -0.1) is 0 Å². The molecule has 0 aliphatic heterocycles. The van der Waals surface area contributed by atoms with E-state index in [4.69, 9.17) is 10.5 Å². The molecule has 3 heteroatoms. The van der Waals surface area contributed by atoms with E-state index >= 15 is 0 Å². The van der Waals surface area contributed by atoms with Gasteiger partial charge in [0.1, 0.15) is 6.10 Å². The second kappa shape index (κ2) is 5.85. The van der Waals surface area contributed by atoms with Crippen molar-refractivity contribution < 1.29 is 9.53 Å². The standard InChI is InChI=1S/C14H25NO2/c1-10-6-2-5-9-13(10)17-14(16)11-7-3-4-8-12(11)15/h10-13H,2-9,15H2,1H3. The van der Waals surface area contributed by atoms with Gasteiger partial charge in [0.05, 0.1) is 5.92 Å². The smallest absolute Gasteiger partial charge is 0.310 e. The van der Waals surface area contributed by atoms with E-state index in [9.17, 15) is 4.79 Å². The van der Waals surface area contributed by atoms with E-state index in [2.05, 4.69) is 6.92 Å². The number of hydrogen-bond donors (Lipinski definition) is 1. The number of carbonyl (C=O) groups excluding carboxylic acids is 1. The van der Waals surface area contributed by atoms with Crippen LogP contribution in [0.5, 0.6) is 0 Å². The van der Waals surface area contributed by atoms with Crippen LogP contribution < -0.4 is 5.73 Å². The Labute approximate surface area is 104 Å². The highest BCUT2D eigenvalue weighted by molar-refractivity contribution is 5.73. The molecule has 2 fully saturated rings. The van der Waals surface area contributed by atoms with Crippen molar-refractivity contribution in [3.8, 4) is 0 Å². The molecule has 2 aliphatic rings. The van der Waals surface area contributed by atoms with Crippen molar-refractivity contribution in [2.75, 3.05) is 0 Å². The van der Waals surface area contributed by atoms with Crippen LogP contribution in [0.4, 0.5) is 0 Å². The van der Waals surface area contributed by atoms with Gasteiger partial charge in [-0.25, -0.2) is 0 Å². The zero-order chi connectivity index (χ0) is 12.3. The molecule has 0 bridgehead atoms. The van der Waals surface area contributed by atoms with Crippen molar-refractivity contribution in [1.82, 2.24) is 0 Å². The van der Waals surface area contributed by atoms with Crippen LogP contribution in [0.15, 0.2) is 0 Å². The third kappa shape index (κ3) is 3.21. The molecule has 2 N–H and O–H groups in total. The molecule has 0 heterocycles. The first kappa shape index (κ1) is 12.9. The summed E-state index contributed by atoms with van der Waals surface area (Å²) in [6.45, 7) is 2.19. The summed E-state index contributed by atoms with van der Waals surface area (Å²) in [5, 5.41) is 0. The number of carbonyl (C=O) groups is 1. The average molecular weight is 239 g/mol. The van der Waals surface area contributed by atoms with Crippen molar-refractivity contribution in [2.24, 2.45) is 17.6 Å². The highest BCUT2D eigenvalue weighted by Gasteiger charge is 2.33. The molecule has 0 aromatic rings. The predicted octanol–water partition coefficient (Wildman–Crippen LogP) is 2.63. The van der Waals surface area contributed by atoms with Crippen molar-refractivity contribution in [1.29, 1.82) is 0 Å². The van der Waals surface area contributed by atoms with Crippen LogP contribution >= 0.6 is 0 Å². The summed E-state index contributed by atoms with van der Waals surface area (Å²) < 4.78 is 5.69. The fraction of sp³-hybridized carbons (Fsp3) is 0.929. The van der Waals surface area contributed by atoms with Crippen LogP contribution in [0, 0.1) is 11.8 Å². The van der Waals surface area contributed by atoms with E-state index in [1.54, 1.807) is 0 Å². The first-order chi connectivity index (χ1) is 8.18.